The fourth-order valence-corrected chi connectivity index (χ4v) is 1.62. The SMILES string of the molecule is CC(=O)c1cnc(-c2cc([N+](=O)[O-])ccc2C)[nH]1. The number of imidazole rings is 1. The third-order valence-corrected chi connectivity index (χ3v) is 2.64. The number of carbonyl (C=O) groups is 1. The molecule has 0 amide bonds. The van der Waals surface area contributed by atoms with E-state index in [1.165, 1.54) is 25.3 Å². The Kier molecular flexibility index (Phi) is 2.93. The minimum Gasteiger partial charge on any atom is -0.336 e. The molecule has 0 unspecified atom stereocenters. The average Bonchev–Trinajstić information content (AvgIpc) is 2.78. The molecule has 0 spiro atoms. The highest BCUT2D eigenvalue weighted by molar-refractivity contribution is 5.92. The summed E-state index contributed by atoms with van der Waals surface area (Å²) < 4.78 is 0. The first-order valence-electron chi connectivity index (χ1n) is 5.30. The van der Waals surface area contributed by atoms with Crippen LogP contribution in [-0.4, -0.2) is 20.7 Å². The molecule has 0 saturated carbocycles. The number of nitro benzene ring substituents is 1. The summed E-state index contributed by atoms with van der Waals surface area (Å²) >= 11 is 0. The van der Waals surface area contributed by atoms with Gasteiger partial charge in [-0.2, -0.15) is 0 Å². The molecule has 6 nitrogen and oxygen atoms in total. The van der Waals surface area contributed by atoms with Crippen LogP contribution in [0.4, 0.5) is 5.69 Å². The molecule has 0 fully saturated rings. The van der Waals surface area contributed by atoms with Gasteiger partial charge in [-0.3, -0.25) is 14.9 Å². The summed E-state index contributed by atoms with van der Waals surface area (Å²) in [6.07, 6.45) is 1.43. The van der Waals surface area contributed by atoms with Gasteiger partial charge >= 0.3 is 0 Å². The van der Waals surface area contributed by atoms with E-state index < -0.39 is 4.92 Å². The van der Waals surface area contributed by atoms with E-state index in [2.05, 4.69) is 9.97 Å². The monoisotopic (exact) mass is 245 g/mol. The number of H-pyrrole nitrogens is 1. The van der Waals surface area contributed by atoms with E-state index in [9.17, 15) is 14.9 Å². The molecule has 0 bridgehead atoms. The predicted molar refractivity (Wildman–Crippen MR) is 65.4 cm³/mol. The van der Waals surface area contributed by atoms with Crippen molar-refractivity contribution in [2.45, 2.75) is 13.8 Å². The molecular weight excluding hydrogens is 234 g/mol. The Bertz CT molecular complexity index is 631. The number of ketones is 1. The first kappa shape index (κ1) is 12.0. The minimum absolute atomic E-state index is 0.00336. The molecule has 0 radical (unpaired) electrons. The predicted octanol–water partition coefficient (Wildman–Crippen LogP) is 2.50. The maximum absolute atomic E-state index is 11.2. The molecule has 2 rings (SSSR count). The van der Waals surface area contributed by atoms with Crippen LogP contribution in [0.15, 0.2) is 24.4 Å². The summed E-state index contributed by atoms with van der Waals surface area (Å²) in [5.41, 5.74) is 1.86. The van der Waals surface area contributed by atoms with Crippen LogP contribution in [0.5, 0.6) is 0 Å². The number of nitro groups is 1. The lowest BCUT2D eigenvalue weighted by molar-refractivity contribution is -0.384. The van der Waals surface area contributed by atoms with Crippen LogP contribution >= 0.6 is 0 Å². The first-order valence-corrected chi connectivity index (χ1v) is 5.30. The molecule has 1 aromatic carbocycles. The van der Waals surface area contributed by atoms with Crippen molar-refractivity contribution in [3.8, 4) is 11.4 Å². The first-order chi connectivity index (χ1) is 8.49. The van der Waals surface area contributed by atoms with Gasteiger partial charge < -0.3 is 4.98 Å². The number of Topliss-reactive ketones (excluding diaryl/α,β-unsaturated/α-hetero) is 1. The Hall–Kier alpha value is -2.50. The summed E-state index contributed by atoms with van der Waals surface area (Å²) in [6.45, 7) is 3.26. The number of nitrogens with zero attached hydrogens (tertiary/aromatic N) is 2. The van der Waals surface area contributed by atoms with Gasteiger partial charge in [0.15, 0.2) is 5.78 Å². The fraction of sp³-hybridized carbons (Fsp3) is 0.167. The van der Waals surface area contributed by atoms with Crippen LogP contribution in [0, 0.1) is 17.0 Å². The van der Waals surface area contributed by atoms with Gasteiger partial charge in [-0.05, 0) is 12.5 Å². The molecule has 0 aliphatic heterocycles. The largest absolute Gasteiger partial charge is 0.336 e. The zero-order valence-electron chi connectivity index (χ0n) is 9.93. The van der Waals surface area contributed by atoms with Crippen molar-refractivity contribution in [1.82, 2.24) is 9.97 Å². The van der Waals surface area contributed by atoms with E-state index in [0.717, 1.165) is 5.56 Å². The van der Waals surface area contributed by atoms with Crippen LogP contribution in [0.25, 0.3) is 11.4 Å². The van der Waals surface area contributed by atoms with E-state index >= 15 is 0 Å². The Morgan fingerprint density at radius 2 is 2.17 bits per heavy atom. The van der Waals surface area contributed by atoms with Gasteiger partial charge in [0.25, 0.3) is 5.69 Å². The minimum atomic E-state index is -0.461. The van der Waals surface area contributed by atoms with Crippen LogP contribution in [0.2, 0.25) is 0 Å². The molecule has 0 atom stereocenters. The second-order valence-electron chi connectivity index (χ2n) is 3.96. The number of aryl methyl sites for hydroxylation is 1. The third kappa shape index (κ3) is 2.13. The number of hydrogen-bond donors (Lipinski definition) is 1. The van der Waals surface area contributed by atoms with Crippen molar-refractivity contribution in [2.75, 3.05) is 0 Å². The van der Waals surface area contributed by atoms with Gasteiger partial charge in [0.1, 0.15) is 11.5 Å². The van der Waals surface area contributed by atoms with Crippen LogP contribution in [0.1, 0.15) is 23.0 Å². The number of aromatic nitrogens is 2. The molecule has 18 heavy (non-hydrogen) atoms. The zero-order chi connectivity index (χ0) is 13.3. The second-order valence-corrected chi connectivity index (χ2v) is 3.96. The highest BCUT2D eigenvalue weighted by Crippen LogP contribution is 2.25. The summed E-state index contributed by atoms with van der Waals surface area (Å²) in [5, 5.41) is 10.7. The maximum Gasteiger partial charge on any atom is 0.270 e. The lowest BCUT2D eigenvalue weighted by Gasteiger charge is -2.02. The van der Waals surface area contributed by atoms with Gasteiger partial charge in [-0.1, -0.05) is 6.07 Å². The molecular formula is C12H11N3O3. The maximum atomic E-state index is 11.2. The highest BCUT2D eigenvalue weighted by atomic mass is 16.6. The number of hydrogen-bond acceptors (Lipinski definition) is 4. The molecule has 6 heteroatoms. The van der Waals surface area contributed by atoms with E-state index in [-0.39, 0.29) is 11.5 Å². The van der Waals surface area contributed by atoms with Gasteiger partial charge in [0, 0.05) is 24.6 Å². The fourth-order valence-electron chi connectivity index (χ4n) is 1.62. The molecule has 0 saturated heterocycles. The summed E-state index contributed by atoms with van der Waals surface area (Å²) in [6, 6.07) is 4.54. The zero-order valence-corrected chi connectivity index (χ0v) is 9.93. The Labute approximate surface area is 103 Å². The Morgan fingerprint density at radius 3 is 2.72 bits per heavy atom. The quantitative estimate of drug-likeness (QED) is 0.511. The van der Waals surface area contributed by atoms with E-state index in [1.807, 2.05) is 6.92 Å². The summed E-state index contributed by atoms with van der Waals surface area (Å²) in [5.74, 6) is 0.332. The van der Waals surface area contributed by atoms with Crippen molar-refractivity contribution in [2.24, 2.45) is 0 Å². The number of non-ortho nitro benzene ring substituents is 1. The van der Waals surface area contributed by atoms with Gasteiger partial charge in [-0.25, -0.2) is 4.98 Å². The van der Waals surface area contributed by atoms with Gasteiger partial charge in [0.05, 0.1) is 11.1 Å². The van der Waals surface area contributed by atoms with Crippen LogP contribution in [0.3, 0.4) is 0 Å². The van der Waals surface area contributed by atoms with Gasteiger partial charge in [0.2, 0.25) is 0 Å². The summed E-state index contributed by atoms with van der Waals surface area (Å²) in [7, 11) is 0. The van der Waals surface area contributed by atoms with Crippen LogP contribution in [-0.2, 0) is 0 Å². The smallest absolute Gasteiger partial charge is 0.270 e. The van der Waals surface area contributed by atoms with Crippen molar-refractivity contribution in [3.05, 3.63) is 45.8 Å². The topological polar surface area (TPSA) is 88.9 Å². The van der Waals surface area contributed by atoms with Crippen molar-refractivity contribution in [3.63, 3.8) is 0 Å². The van der Waals surface area contributed by atoms with Crippen molar-refractivity contribution in [1.29, 1.82) is 0 Å². The second kappa shape index (κ2) is 4.40. The molecule has 2 aromatic rings. The normalized spacial score (nSPS) is 10.3. The lowest BCUT2D eigenvalue weighted by Crippen LogP contribution is -1.93. The number of carbonyl (C=O) groups excluding carboxylic acids is 1. The summed E-state index contributed by atoms with van der Waals surface area (Å²) in [4.78, 5) is 28.4. The van der Waals surface area contributed by atoms with Gasteiger partial charge in [-0.15, -0.1) is 0 Å². The highest BCUT2D eigenvalue weighted by Gasteiger charge is 2.13. The van der Waals surface area contributed by atoms with Crippen molar-refractivity contribution >= 4 is 11.5 Å². The van der Waals surface area contributed by atoms with E-state index in [4.69, 9.17) is 0 Å². The standard InChI is InChI=1S/C12H11N3O3/c1-7-3-4-9(15(17)18)5-10(7)12-13-6-11(14-12)8(2)16/h3-6H,1-2H3,(H,13,14). The molecule has 1 aromatic heterocycles. The molecule has 0 aliphatic rings. The van der Waals surface area contributed by atoms with Crippen LogP contribution < -0.4 is 0 Å². The number of benzene rings is 1. The average molecular weight is 245 g/mol. The number of rotatable bonds is 3. The van der Waals surface area contributed by atoms with E-state index in [0.29, 0.717) is 17.1 Å². The van der Waals surface area contributed by atoms with E-state index in [1.54, 1.807) is 6.07 Å². The molecule has 92 valence electrons. The Morgan fingerprint density at radius 1 is 1.44 bits per heavy atom. The number of aromatic amines is 1. The number of nitrogens with one attached hydrogen (secondary N) is 1. The Balaban J connectivity index is 2.51. The molecule has 1 heterocycles. The third-order valence-electron chi connectivity index (χ3n) is 2.64. The van der Waals surface area contributed by atoms with Crippen molar-refractivity contribution < 1.29 is 9.72 Å². The lowest BCUT2D eigenvalue weighted by atomic mass is 10.1. The molecule has 0 aliphatic carbocycles. The molecule has 1 N–H and O–H groups in total.